The Bertz CT molecular complexity index is 434. The van der Waals surface area contributed by atoms with Gasteiger partial charge in [-0.25, -0.2) is 0 Å². The smallest absolute Gasteiger partial charge is 0.170 e. The van der Waals surface area contributed by atoms with Gasteiger partial charge in [-0.2, -0.15) is 0 Å². The summed E-state index contributed by atoms with van der Waals surface area (Å²) in [6, 6.07) is 5.11. The van der Waals surface area contributed by atoms with E-state index in [9.17, 15) is 4.79 Å². The van der Waals surface area contributed by atoms with Gasteiger partial charge in [0.15, 0.2) is 5.78 Å². The van der Waals surface area contributed by atoms with Crippen LogP contribution in [0.1, 0.15) is 49.4 Å². The lowest BCUT2D eigenvalue weighted by Gasteiger charge is -2.32. The van der Waals surface area contributed by atoms with Crippen LogP contribution in [0.15, 0.2) is 18.2 Å². The normalized spacial score (nSPS) is 19.0. The van der Waals surface area contributed by atoms with E-state index in [2.05, 4.69) is 6.92 Å². The summed E-state index contributed by atoms with van der Waals surface area (Å²) in [5.41, 5.74) is 0.371. The molecule has 1 fully saturated rings. The number of halogens is 2. The summed E-state index contributed by atoms with van der Waals surface area (Å²) in [5, 5.41) is 1.04. The molecule has 1 aromatic carbocycles. The number of Topliss-reactive ketones (excluding diaryl/α,β-unsaturated/α-hetero) is 1. The van der Waals surface area contributed by atoms with Gasteiger partial charge in [-0.05, 0) is 31.0 Å². The number of hydrogen-bond acceptors (Lipinski definition) is 1. The molecule has 0 spiro atoms. The van der Waals surface area contributed by atoms with Crippen molar-refractivity contribution in [2.45, 2.75) is 39.0 Å². The van der Waals surface area contributed by atoms with Gasteiger partial charge in [-0.1, -0.05) is 49.4 Å². The van der Waals surface area contributed by atoms with Gasteiger partial charge in [0.2, 0.25) is 0 Å². The Morgan fingerprint density at radius 1 is 1.18 bits per heavy atom. The third kappa shape index (κ3) is 2.66. The van der Waals surface area contributed by atoms with E-state index in [-0.39, 0.29) is 11.2 Å². The minimum atomic E-state index is -0.240. The van der Waals surface area contributed by atoms with E-state index in [0.29, 0.717) is 15.6 Å². The van der Waals surface area contributed by atoms with Crippen LogP contribution in [-0.4, -0.2) is 5.78 Å². The number of benzene rings is 1. The van der Waals surface area contributed by atoms with Gasteiger partial charge < -0.3 is 0 Å². The van der Waals surface area contributed by atoms with Crippen LogP contribution in [0, 0.1) is 5.41 Å². The molecule has 1 saturated carbocycles. The summed E-state index contributed by atoms with van der Waals surface area (Å²) >= 11 is 11.9. The first-order valence-corrected chi connectivity index (χ1v) is 6.78. The first-order chi connectivity index (χ1) is 8.03. The summed E-state index contributed by atoms with van der Waals surface area (Å²) < 4.78 is 0. The molecule has 0 aromatic heterocycles. The molecular weight excluding hydrogens is 255 g/mol. The highest BCUT2D eigenvalue weighted by atomic mass is 35.5. The van der Waals surface area contributed by atoms with Crippen LogP contribution in [0.4, 0.5) is 0 Å². The quantitative estimate of drug-likeness (QED) is 0.680. The molecule has 0 radical (unpaired) electrons. The maximum absolute atomic E-state index is 12.5. The zero-order valence-electron chi connectivity index (χ0n) is 9.93. The Labute approximate surface area is 112 Å². The molecule has 3 heteroatoms. The molecule has 1 aromatic rings. The van der Waals surface area contributed by atoms with Crippen molar-refractivity contribution in [3.8, 4) is 0 Å². The highest BCUT2D eigenvalue weighted by Gasteiger charge is 2.35. The fourth-order valence-corrected chi connectivity index (χ4v) is 3.05. The van der Waals surface area contributed by atoms with Gasteiger partial charge in [0.1, 0.15) is 0 Å². The van der Waals surface area contributed by atoms with Crippen LogP contribution >= 0.6 is 23.2 Å². The zero-order chi connectivity index (χ0) is 12.5. The van der Waals surface area contributed by atoms with Crippen molar-refractivity contribution in [1.29, 1.82) is 0 Å². The topological polar surface area (TPSA) is 17.1 Å². The third-order valence-corrected chi connectivity index (χ3v) is 4.23. The van der Waals surface area contributed by atoms with E-state index in [1.165, 1.54) is 6.42 Å². The van der Waals surface area contributed by atoms with Crippen LogP contribution in [-0.2, 0) is 0 Å². The molecular formula is C14H16Cl2O. The van der Waals surface area contributed by atoms with Crippen molar-refractivity contribution in [1.82, 2.24) is 0 Å². The summed E-state index contributed by atoms with van der Waals surface area (Å²) in [5.74, 6) is 0.166. The molecule has 1 nitrogen and oxygen atoms in total. The van der Waals surface area contributed by atoms with E-state index in [0.717, 1.165) is 25.7 Å². The molecule has 0 bridgehead atoms. The van der Waals surface area contributed by atoms with E-state index in [1.54, 1.807) is 18.2 Å². The highest BCUT2D eigenvalue weighted by Crippen LogP contribution is 2.40. The molecule has 2 rings (SSSR count). The predicted octanol–water partition coefficient (Wildman–Crippen LogP) is 5.15. The lowest BCUT2D eigenvalue weighted by molar-refractivity contribution is 0.0750. The number of rotatable bonds is 2. The highest BCUT2D eigenvalue weighted by molar-refractivity contribution is 6.37. The van der Waals surface area contributed by atoms with Crippen molar-refractivity contribution in [3.63, 3.8) is 0 Å². The largest absolute Gasteiger partial charge is 0.294 e. The monoisotopic (exact) mass is 270 g/mol. The molecule has 0 unspecified atom stereocenters. The fraction of sp³-hybridized carbons (Fsp3) is 0.500. The van der Waals surface area contributed by atoms with E-state index < -0.39 is 0 Å². The fourth-order valence-electron chi connectivity index (χ4n) is 2.56. The Morgan fingerprint density at radius 2 is 1.82 bits per heavy atom. The molecule has 1 aliphatic rings. The van der Waals surface area contributed by atoms with Gasteiger partial charge in [-0.15, -0.1) is 0 Å². The SMILES string of the molecule is CC1(C(=O)c2ccc(Cl)cc2Cl)CCCCC1. The Hall–Kier alpha value is -0.530. The van der Waals surface area contributed by atoms with E-state index >= 15 is 0 Å². The van der Waals surface area contributed by atoms with Gasteiger partial charge >= 0.3 is 0 Å². The van der Waals surface area contributed by atoms with Crippen molar-refractivity contribution in [3.05, 3.63) is 33.8 Å². The maximum Gasteiger partial charge on any atom is 0.170 e. The molecule has 0 amide bonds. The minimum Gasteiger partial charge on any atom is -0.294 e. The second-order valence-electron chi connectivity index (χ2n) is 5.07. The number of ketones is 1. The van der Waals surface area contributed by atoms with Crippen molar-refractivity contribution < 1.29 is 4.79 Å². The Kier molecular flexibility index (Phi) is 3.79. The first kappa shape index (κ1) is 12.9. The second-order valence-corrected chi connectivity index (χ2v) is 5.92. The summed E-state index contributed by atoms with van der Waals surface area (Å²) in [7, 11) is 0. The van der Waals surface area contributed by atoms with Gasteiger partial charge in [0.25, 0.3) is 0 Å². The average Bonchev–Trinajstić information content (AvgIpc) is 2.29. The molecule has 0 atom stereocenters. The minimum absolute atomic E-state index is 0.166. The third-order valence-electron chi connectivity index (χ3n) is 3.68. The molecule has 17 heavy (non-hydrogen) atoms. The van der Waals surface area contributed by atoms with Crippen molar-refractivity contribution in [2.24, 2.45) is 5.41 Å². The number of carbonyl (C=O) groups excluding carboxylic acids is 1. The zero-order valence-corrected chi connectivity index (χ0v) is 11.4. The van der Waals surface area contributed by atoms with Crippen molar-refractivity contribution >= 4 is 29.0 Å². The van der Waals surface area contributed by atoms with E-state index in [1.807, 2.05) is 0 Å². The van der Waals surface area contributed by atoms with Crippen molar-refractivity contribution in [2.75, 3.05) is 0 Å². The lowest BCUT2D eigenvalue weighted by atomic mass is 9.71. The van der Waals surface area contributed by atoms with Gasteiger partial charge in [0.05, 0.1) is 5.02 Å². The maximum atomic E-state index is 12.5. The predicted molar refractivity (Wildman–Crippen MR) is 72.0 cm³/mol. The summed E-state index contributed by atoms with van der Waals surface area (Å²) in [6.07, 6.45) is 5.42. The lowest BCUT2D eigenvalue weighted by Crippen LogP contribution is -2.30. The van der Waals surface area contributed by atoms with Crippen LogP contribution < -0.4 is 0 Å². The summed E-state index contributed by atoms with van der Waals surface area (Å²) in [4.78, 5) is 12.5. The molecule has 0 heterocycles. The molecule has 0 N–H and O–H groups in total. The standard InChI is InChI=1S/C14H16Cl2O/c1-14(7-3-2-4-8-14)13(17)11-6-5-10(15)9-12(11)16/h5-6,9H,2-4,7-8H2,1H3. The van der Waals surface area contributed by atoms with Gasteiger partial charge in [0, 0.05) is 16.0 Å². The van der Waals surface area contributed by atoms with E-state index in [4.69, 9.17) is 23.2 Å². The number of carbonyl (C=O) groups is 1. The average molecular weight is 271 g/mol. The summed E-state index contributed by atoms with van der Waals surface area (Å²) in [6.45, 7) is 2.05. The molecule has 92 valence electrons. The van der Waals surface area contributed by atoms with Gasteiger partial charge in [-0.3, -0.25) is 4.79 Å². The molecule has 1 aliphatic carbocycles. The molecule has 0 saturated heterocycles. The second kappa shape index (κ2) is 4.99. The van der Waals surface area contributed by atoms with Crippen LogP contribution in [0.3, 0.4) is 0 Å². The molecule has 0 aliphatic heterocycles. The Balaban J connectivity index is 2.30. The van der Waals surface area contributed by atoms with Crippen LogP contribution in [0.5, 0.6) is 0 Å². The van der Waals surface area contributed by atoms with Crippen LogP contribution in [0.25, 0.3) is 0 Å². The number of hydrogen-bond donors (Lipinski definition) is 0. The van der Waals surface area contributed by atoms with Crippen LogP contribution in [0.2, 0.25) is 10.0 Å². The Morgan fingerprint density at radius 3 is 2.41 bits per heavy atom. The first-order valence-electron chi connectivity index (χ1n) is 6.03.